The molecule has 2 heterocycles. The average molecular weight is 374 g/mol. The second kappa shape index (κ2) is 7.43. The van der Waals surface area contributed by atoms with E-state index in [1.165, 1.54) is 16.5 Å². The summed E-state index contributed by atoms with van der Waals surface area (Å²) in [4.78, 5) is 29.2. The molecule has 0 spiro atoms. The van der Waals surface area contributed by atoms with Crippen LogP contribution < -0.4 is 10.9 Å². The van der Waals surface area contributed by atoms with Gasteiger partial charge in [-0.25, -0.2) is 9.67 Å². The second-order valence-electron chi connectivity index (χ2n) is 6.50. The normalized spacial score (nSPS) is 10.9. The van der Waals surface area contributed by atoms with Gasteiger partial charge in [0.25, 0.3) is 5.56 Å². The van der Waals surface area contributed by atoms with E-state index in [1.54, 1.807) is 16.8 Å². The summed E-state index contributed by atoms with van der Waals surface area (Å²) >= 11 is 0. The Hall–Kier alpha value is -3.81. The molecule has 28 heavy (non-hydrogen) atoms. The monoisotopic (exact) mass is 374 g/mol. The van der Waals surface area contributed by atoms with Crippen LogP contribution in [-0.4, -0.2) is 30.5 Å². The number of nitrogens with one attached hydrogen (secondary N) is 1. The number of aromatic nitrogens is 5. The summed E-state index contributed by atoms with van der Waals surface area (Å²) in [7, 11) is 0. The summed E-state index contributed by atoms with van der Waals surface area (Å²) in [6.45, 7) is 2.33. The van der Waals surface area contributed by atoms with Gasteiger partial charge in [-0.15, -0.1) is 5.10 Å². The van der Waals surface area contributed by atoms with Gasteiger partial charge in [-0.2, -0.15) is 0 Å². The summed E-state index contributed by atoms with van der Waals surface area (Å²) in [5.41, 5.74) is 3.00. The van der Waals surface area contributed by atoms with Crippen LogP contribution in [0.4, 0.5) is 5.69 Å². The Labute approximate surface area is 160 Å². The molecule has 0 saturated heterocycles. The van der Waals surface area contributed by atoms with Gasteiger partial charge in [-0.3, -0.25) is 14.2 Å². The zero-order valence-electron chi connectivity index (χ0n) is 15.2. The number of aryl methyl sites for hydroxylation is 1. The maximum Gasteiger partial charge on any atom is 0.283 e. The molecule has 0 aliphatic carbocycles. The first kappa shape index (κ1) is 17.6. The standard InChI is InChI=1S/C20H18N6O2/c1-14-7-9-15(10-8-14)11-26-19-18(23-24-26)20(28)25(13-21-19)12-17(27)22-16-5-3-2-4-6-16/h2-10,13H,11-12H2,1H3,(H,22,27). The molecule has 0 saturated carbocycles. The first-order valence-electron chi connectivity index (χ1n) is 8.79. The van der Waals surface area contributed by atoms with Crippen molar-refractivity contribution in [3.05, 3.63) is 82.4 Å². The third-order valence-corrected chi connectivity index (χ3v) is 4.32. The molecule has 0 bridgehead atoms. The highest BCUT2D eigenvalue weighted by molar-refractivity contribution is 5.90. The van der Waals surface area contributed by atoms with Gasteiger partial charge in [-0.1, -0.05) is 53.2 Å². The summed E-state index contributed by atoms with van der Waals surface area (Å²) < 4.78 is 2.81. The second-order valence-corrected chi connectivity index (χ2v) is 6.50. The van der Waals surface area contributed by atoms with Gasteiger partial charge in [0.2, 0.25) is 5.91 Å². The Bertz CT molecular complexity index is 1180. The summed E-state index contributed by atoms with van der Waals surface area (Å²) in [5, 5.41) is 10.8. The van der Waals surface area contributed by atoms with Crippen molar-refractivity contribution in [1.82, 2.24) is 24.5 Å². The van der Waals surface area contributed by atoms with Gasteiger partial charge in [0.15, 0.2) is 11.2 Å². The Morgan fingerprint density at radius 1 is 1.07 bits per heavy atom. The number of nitrogens with zero attached hydrogens (tertiary/aromatic N) is 5. The van der Waals surface area contributed by atoms with Gasteiger partial charge in [0, 0.05) is 5.69 Å². The van der Waals surface area contributed by atoms with E-state index in [4.69, 9.17) is 0 Å². The highest BCUT2D eigenvalue weighted by Crippen LogP contribution is 2.09. The van der Waals surface area contributed by atoms with Crippen molar-refractivity contribution in [2.75, 3.05) is 5.32 Å². The lowest BCUT2D eigenvalue weighted by Gasteiger charge is -2.07. The highest BCUT2D eigenvalue weighted by Gasteiger charge is 2.14. The van der Waals surface area contributed by atoms with E-state index in [1.807, 2.05) is 49.4 Å². The number of amides is 1. The largest absolute Gasteiger partial charge is 0.325 e. The van der Waals surface area contributed by atoms with Gasteiger partial charge < -0.3 is 5.32 Å². The molecule has 0 unspecified atom stereocenters. The molecule has 140 valence electrons. The van der Waals surface area contributed by atoms with Crippen molar-refractivity contribution < 1.29 is 4.79 Å². The first-order chi connectivity index (χ1) is 13.6. The quantitative estimate of drug-likeness (QED) is 0.576. The van der Waals surface area contributed by atoms with Crippen molar-refractivity contribution in [2.24, 2.45) is 0 Å². The molecule has 0 atom stereocenters. The van der Waals surface area contributed by atoms with Crippen LogP contribution in [0.15, 0.2) is 65.7 Å². The lowest BCUT2D eigenvalue weighted by Crippen LogP contribution is -2.28. The lowest BCUT2D eigenvalue weighted by molar-refractivity contribution is -0.116. The smallest absolute Gasteiger partial charge is 0.283 e. The zero-order chi connectivity index (χ0) is 19.5. The summed E-state index contributed by atoms with van der Waals surface area (Å²) in [6, 6.07) is 17.1. The topological polar surface area (TPSA) is 94.7 Å². The SMILES string of the molecule is Cc1ccc(Cn2nnc3c(=O)n(CC(=O)Nc4ccccc4)cnc32)cc1. The minimum absolute atomic E-state index is 0.141. The molecular weight excluding hydrogens is 356 g/mol. The van der Waals surface area contributed by atoms with Crippen LogP contribution in [0.1, 0.15) is 11.1 Å². The molecule has 4 aromatic rings. The van der Waals surface area contributed by atoms with Crippen LogP contribution in [-0.2, 0) is 17.9 Å². The maximum atomic E-state index is 12.7. The number of benzene rings is 2. The number of carbonyl (C=O) groups excluding carboxylic acids is 1. The van der Waals surface area contributed by atoms with Gasteiger partial charge in [0.05, 0.1) is 6.54 Å². The van der Waals surface area contributed by atoms with Gasteiger partial charge in [0.1, 0.15) is 12.9 Å². The van der Waals surface area contributed by atoms with E-state index in [9.17, 15) is 9.59 Å². The van der Waals surface area contributed by atoms with Crippen molar-refractivity contribution in [2.45, 2.75) is 20.0 Å². The van der Waals surface area contributed by atoms with Crippen molar-refractivity contribution in [3.63, 3.8) is 0 Å². The van der Waals surface area contributed by atoms with Crippen LogP contribution in [0.3, 0.4) is 0 Å². The molecule has 0 aliphatic rings. The fourth-order valence-corrected chi connectivity index (χ4v) is 2.85. The van der Waals surface area contributed by atoms with Crippen molar-refractivity contribution in [1.29, 1.82) is 0 Å². The molecule has 2 aromatic heterocycles. The number of rotatable bonds is 5. The molecule has 8 nitrogen and oxygen atoms in total. The van der Waals surface area contributed by atoms with E-state index < -0.39 is 5.56 Å². The third kappa shape index (κ3) is 3.66. The number of hydrogen-bond donors (Lipinski definition) is 1. The summed E-state index contributed by atoms with van der Waals surface area (Å²) in [6.07, 6.45) is 1.35. The van der Waals surface area contributed by atoms with Gasteiger partial charge >= 0.3 is 0 Å². The first-order valence-corrected chi connectivity index (χ1v) is 8.79. The van der Waals surface area contributed by atoms with Crippen molar-refractivity contribution in [3.8, 4) is 0 Å². The van der Waals surface area contributed by atoms with Crippen LogP contribution in [0.25, 0.3) is 11.2 Å². The van der Waals surface area contributed by atoms with E-state index >= 15 is 0 Å². The average Bonchev–Trinajstić information content (AvgIpc) is 3.10. The number of hydrogen-bond acceptors (Lipinski definition) is 5. The van der Waals surface area contributed by atoms with E-state index in [2.05, 4.69) is 20.6 Å². The zero-order valence-corrected chi connectivity index (χ0v) is 15.2. The predicted octanol–water partition coefficient (Wildman–Crippen LogP) is 1.98. The van der Waals surface area contributed by atoms with E-state index in [0.29, 0.717) is 17.9 Å². The number of para-hydroxylation sites is 1. The fraction of sp³-hybridized carbons (Fsp3) is 0.150. The van der Waals surface area contributed by atoms with Crippen LogP contribution in [0, 0.1) is 6.92 Å². The Balaban J connectivity index is 1.55. The highest BCUT2D eigenvalue weighted by atomic mass is 16.2. The molecule has 4 rings (SSSR count). The molecule has 1 N–H and O–H groups in total. The van der Waals surface area contributed by atoms with Gasteiger partial charge in [-0.05, 0) is 24.6 Å². The van der Waals surface area contributed by atoms with Crippen LogP contribution in [0.2, 0.25) is 0 Å². The molecule has 2 aromatic carbocycles. The fourth-order valence-electron chi connectivity index (χ4n) is 2.85. The maximum absolute atomic E-state index is 12.7. The minimum Gasteiger partial charge on any atom is -0.325 e. The molecule has 8 heteroatoms. The predicted molar refractivity (Wildman–Crippen MR) is 105 cm³/mol. The van der Waals surface area contributed by atoms with E-state index in [-0.39, 0.29) is 18.0 Å². The number of anilines is 1. The molecule has 0 fully saturated rings. The summed E-state index contributed by atoms with van der Waals surface area (Å²) in [5.74, 6) is -0.318. The molecular formula is C20H18N6O2. The van der Waals surface area contributed by atoms with Crippen molar-refractivity contribution >= 4 is 22.8 Å². The van der Waals surface area contributed by atoms with Crippen LogP contribution in [0.5, 0.6) is 0 Å². The lowest BCUT2D eigenvalue weighted by atomic mass is 10.1. The van der Waals surface area contributed by atoms with Crippen LogP contribution >= 0.6 is 0 Å². The Kier molecular flexibility index (Phi) is 4.67. The Morgan fingerprint density at radius 3 is 2.57 bits per heavy atom. The molecule has 1 amide bonds. The van der Waals surface area contributed by atoms with E-state index in [0.717, 1.165) is 5.56 Å². The Morgan fingerprint density at radius 2 is 1.82 bits per heavy atom. The third-order valence-electron chi connectivity index (χ3n) is 4.32. The molecule has 0 radical (unpaired) electrons. The number of fused-ring (bicyclic) bond motifs is 1. The number of carbonyl (C=O) groups is 1. The molecule has 0 aliphatic heterocycles. The minimum atomic E-state index is -0.400.